The van der Waals surface area contributed by atoms with E-state index in [1.165, 1.54) is 29.9 Å². The third kappa shape index (κ3) is 6.57. The number of nitrogen functional groups attached to an aromatic ring is 1. The molecule has 6 atom stereocenters. The van der Waals surface area contributed by atoms with Crippen LogP contribution >= 0.6 is 7.75 Å². The Hall–Kier alpha value is -3.57. The first-order chi connectivity index (χ1) is 19.8. The summed E-state index contributed by atoms with van der Waals surface area (Å²) >= 11 is 0. The Morgan fingerprint density at radius 3 is 2.69 bits per heavy atom. The number of anilines is 1. The summed E-state index contributed by atoms with van der Waals surface area (Å²) in [5, 5.41) is 28.6. The number of ether oxygens (including phenoxy) is 2. The lowest BCUT2D eigenvalue weighted by Crippen LogP contribution is -2.45. The molecular formula is C27H35N6O8P. The highest BCUT2D eigenvalue weighted by atomic mass is 31.2. The zero-order chi connectivity index (χ0) is 30.7. The van der Waals surface area contributed by atoms with E-state index in [0.29, 0.717) is 11.2 Å². The number of para-hydroxylation sites is 1. The van der Waals surface area contributed by atoms with E-state index < -0.39 is 50.4 Å². The summed E-state index contributed by atoms with van der Waals surface area (Å²) in [7, 11) is -4.41. The van der Waals surface area contributed by atoms with E-state index in [1.54, 1.807) is 30.3 Å². The lowest BCUT2D eigenvalue weighted by atomic mass is 9.92. The van der Waals surface area contributed by atoms with Gasteiger partial charge >= 0.3 is 19.4 Å². The Balaban J connectivity index is 1.56. The summed E-state index contributed by atoms with van der Waals surface area (Å²) in [5.74, 6) is -0.355. The maximum absolute atomic E-state index is 14.0. The predicted octanol–water partition coefficient (Wildman–Crippen LogP) is 2.88. The van der Waals surface area contributed by atoms with Crippen LogP contribution in [0.3, 0.4) is 0 Å². The maximum atomic E-state index is 14.0. The fraction of sp³-hybridized carbons (Fsp3) is 0.481. The highest BCUT2D eigenvalue weighted by Gasteiger charge is 2.62. The number of nitrogens with one attached hydrogen (secondary N) is 1. The molecule has 1 aliphatic heterocycles. The van der Waals surface area contributed by atoms with Gasteiger partial charge in [0.05, 0.1) is 12.3 Å². The van der Waals surface area contributed by atoms with Crippen molar-refractivity contribution in [3.8, 4) is 5.75 Å². The van der Waals surface area contributed by atoms with Crippen molar-refractivity contribution in [1.82, 2.24) is 19.7 Å². The number of carbonyl (C=O) groups is 1. The highest BCUT2D eigenvalue weighted by molar-refractivity contribution is 7.52. The van der Waals surface area contributed by atoms with Crippen LogP contribution in [-0.4, -0.2) is 68.0 Å². The number of rotatable bonds is 12. The van der Waals surface area contributed by atoms with Gasteiger partial charge in [-0.3, -0.25) is 18.9 Å². The van der Waals surface area contributed by atoms with Crippen LogP contribution in [0, 0.1) is 12.0 Å². The summed E-state index contributed by atoms with van der Waals surface area (Å²) in [6, 6.07) is 10.1. The van der Waals surface area contributed by atoms with Gasteiger partial charge < -0.3 is 25.2 Å². The molecule has 226 valence electrons. The normalized spacial score (nSPS) is 24.5. The molecule has 4 rings (SSSR count). The first kappa shape index (κ1) is 31.4. The van der Waals surface area contributed by atoms with Crippen molar-refractivity contribution >= 4 is 25.1 Å². The second kappa shape index (κ2) is 12.3. The topological polar surface area (TPSA) is 184 Å². The van der Waals surface area contributed by atoms with Crippen LogP contribution in [0.1, 0.15) is 45.9 Å². The molecule has 3 heterocycles. The van der Waals surface area contributed by atoms with Crippen LogP contribution in [0.15, 0.2) is 48.8 Å². The average Bonchev–Trinajstić information content (AvgIpc) is 3.51. The van der Waals surface area contributed by atoms with Gasteiger partial charge in [-0.15, -0.1) is 0 Å². The number of nitrogens with two attached hydrogens (primary N) is 1. The van der Waals surface area contributed by atoms with Gasteiger partial charge in [-0.05, 0) is 43.0 Å². The van der Waals surface area contributed by atoms with Crippen molar-refractivity contribution in [2.24, 2.45) is 5.41 Å². The SMILES string of the molecule is [C-]#[N+][C@]1(CO[P@@](=O)(N[C@@H](C)C(=O)OCC(C)(C)CC)Oc2ccccc2)O[C@@H](c2ccc3c(N)ncnn23)[C@H](O)[C@@H]1O. The molecule has 1 saturated heterocycles. The fourth-order valence-corrected chi connectivity index (χ4v) is 5.64. The Morgan fingerprint density at radius 2 is 2.02 bits per heavy atom. The van der Waals surface area contributed by atoms with Gasteiger partial charge in [0.15, 0.2) is 18.5 Å². The Morgan fingerprint density at radius 1 is 1.31 bits per heavy atom. The zero-order valence-electron chi connectivity index (χ0n) is 23.7. The van der Waals surface area contributed by atoms with E-state index in [0.717, 1.165) is 6.42 Å². The molecule has 0 aliphatic carbocycles. The second-order valence-electron chi connectivity index (χ2n) is 10.8. The van der Waals surface area contributed by atoms with Crippen molar-refractivity contribution in [1.29, 1.82) is 0 Å². The van der Waals surface area contributed by atoms with E-state index in [9.17, 15) is 19.6 Å². The molecule has 15 heteroatoms. The molecule has 0 spiro atoms. The van der Waals surface area contributed by atoms with Crippen molar-refractivity contribution in [2.45, 2.75) is 64.2 Å². The number of aromatic nitrogens is 3. The molecule has 3 aromatic rings. The van der Waals surface area contributed by atoms with E-state index in [1.807, 2.05) is 20.8 Å². The minimum absolute atomic E-state index is 0.143. The Labute approximate surface area is 243 Å². The van der Waals surface area contributed by atoms with Crippen molar-refractivity contribution in [3.63, 3.8) is 0 Å². The van der Waals surface area contributed by atoms with Gasteiger partial charge in [-0.2, -0.15) is 10.2 Å². The number of hydrogen-bond donors (Lipinski definition) is 4. The van der Waals surface area contributed by atoms with E-state index >= 15 is 0 Å². The summed E-state index contributed by atoms with van der Waals surface area (Å²) in [4.78, 5) is 20.1. The molecule has 0 unspecified atom stereocenters. The molecule has 2 aromatic heterocycles. The van der Waals surface area contributed by atoms with Crippen LogP contribution < -0.4 is 15.3 Å². The first-order valence-electron chi connectivity index (χ1n) is 13.3. The zero-order valence-corrected chi connectivity index (χ0v) is 24.6. The second-order valence-corrected chi connectivity index (χ2v) is 12.5. The Kier molecular flexibility index (Phi) is 9.22. The number of aliphatic hydroxyl groups excluding tert-OH is 2. The molecule has 5 N–H and O–H groups in total. The summed E-state index contributed by atoms with van der Waals surface area (Å²) < 4.78 is 38.0. The van der Waals surface area contributed by atoms with Crippen LogP contribution in [0.2, 0.25) is 0 Å². The van der Waals surface area contributed by atoms with Crippen molar-refractivity contribution in [3.05, 3.63) is 65.9 Å². The molecule has 1 fully saturated rings. The molecule has 0 saturated carbocycles. The van der Waals surface area contributed by atoms with Crippen molar-refractivity contribution < 1.29 is 38.1 Å². The smallest absolute Gasteiger partial charge is 0.459 e. The number of fused-ring (bicyclic) bond motifs is 1. The summed E-state index contributed by atoms with van der Waals surface area (Å²) in [6.07, 6.45) is -2.61. The molecule has 0 bridgehead atoms. The monoisotopic (exact) mass is 602 g/mol. The number of carbonyl (C=O) groups excluding carboxylic acids is 1. The molecule has 1 aliphatic rings. The highest BCUT2D eigenvalue weighted by Crippen LogP contribution is 2.49. The molecule has 0 amide bonds. The molecular weight excluding hydrogens is 567 g/mol. The number of aliphatic hydroxyl groups is 2. The largest absolute Gasteiger partial charge is 0.464 e. The minimum Gasteiger partial charge on any atom is -0.464 e. The number of benzene rings is 1. The summed E-state index contributed by atoms with van der Waals surface area (Å²) in [6.45, 7) is 14.5. The van der Waals surface area contributed by atoms with Crippen LogP contribution in [0.25, 0.3) is 10.4 Å². The maximum Gasteiger partial charge on any atom is 0.459 e. The summed E-state index contributed by atoms with van der Waals surface area (Å²) in [5.41, 5.74) is 4.18. The number of nitrogens with zero attached hydrogens (tertiary/aromatic N) is 4. The van der Waals surface area contributed by atoms with Gasteiger partial charge in [0.25, 0.3) is 0 Å². The fourth-order valence-electron chi connectivity index (χ4n) is 4.13. The predicted molar refractivity (Wildman–Crippen MR) is 151 cm³/mol. The minimum atomic E-state index is -4.41. The standard InChI is InChI=1S/C27H35N6O8P/c1-6-26(3,4)14-38-25(36)17(2)32-42(37,41-18-10-8-7-9-11-18)39-15-27(29-5)23(35)21(34)22(40-27)19-12-13-20-24(28)30-16-31-33(19)20/h7-13,16-17,21-23,34-35H,6,14-15H2,1-4H3,(H,32,37)(H2,28,30,31)/t17-,21-,22-,23-,27+,42-/m0/s1. The van der Waals surface area contributed by atoms with Crippen LogP contribution in [-0.2, 0) is 23.4 Å². The number of esters is 1. The van der Waals surface area contributed by atoms with E-state index in [4.69, 9.17) is 30.8 Å². The van der Waals surface area contributed by atoms with Gasteiger partial charge in [0, 0.05) is 0 Å². The lowest BCUT2D eigenvalue weighted by molar-refractivity contribution is -0.148. The van der Waals surface area contributed by atoms with E-state index in [-0.39, 0.29) is 23.6 Å². The van der Waals surface area contributed by atoms with Crippen LogP contribution in [0.4, 0.5) is 5.82 Å². The van der Waals surface area contributed by atoms with Gasteiger partial charge in [-0.25, -0.2) is 20.6 Å². The molecule has 1 aromatic carbocycles. The lowest BCUT2D eigenvalue weighted by Gasteiger charge is -2.27. The average molecular weight is 603 g/mol. The van der Waals surface area contributed by atoms with Gasteiger partial charge in [-0.1, -0.05) is 39.0 Å². The molecule has 0 radical (unpaired) electrons. The molecule has 14 nitrogen and oxygen atoms in total. The van der Waals surface area contributed by atoms with E-state index in [2.05, 4.69) is 20.0 Å². The first-order valence-corrected chi connectivity index (χ1v) is 14.8. The quantitative estimate of drug-likeness (QED) is 0.135. The van der Waals surface area contributed by atoms with Crippen molar-refractivity contribution in [2.75, 3.05) is 18.9 Å². The Bertz CT molecular complexity index is 1490. The van der Waals surface area contributed by atoms with Gasteiger partial charge in [0.1, 0.15) is 35.8 Å². The van der Waals surface area contributed by atoms with Gasteiger partial charge in [0.2, 0.25) is 0 Å². The van der Waals surface area contributed by atoms with Crippen LogP contribution in [0.5, 0.6) is 5.75 Å². The third-order valence-corrected chi connectivity index (χ3v) is 8.72. The number of hydrogen-bond acceptors (Lipinski definition) is 11. The third-order valence-electron chi connectivity index (χ3n) is 7.10. The molecule has 42 heavy (non-hydrogen) atoms.